The van der Waals surface area contributed by atoms with Crippen LogP contribution in [-0.4, -0.2) is 38.7 Å². The molecular formula is C28H26FNO7. The van der Waals surface area contributed by atoms with Crippen LogP contribution in [0.15, 0.2) is 48.5 Å². The third-order valence-electron chi connectivity index (χ3n) is 7.52. The van der Waals surface area contributed by atoms with Gasteiger partial charge in [0.05, 0.1) is 26.7 Å². The summed E-state index contributed by atoms with van der Waals surface area (Å²) < 4.78 is 42.2. The van der Waals surface area contributed by atoms with Crippen molar-refractivity contribution in [3.63, 3.8) is 0 Å². The van der Waals surface area contributed by atoms with Gasteiger partial charge in [-0.05, 0) is 47.0 Å². The number of fused-ring (bicyclic) bond motifs is 3. The Morgan fingerprint density at radius 2 is 1.68 bits per heavy atom. The molecule has 2 heterocycles. The molecule has 3 aromatic rings. The van der Waals surface area contributed by atoms with Crippen molar-refractivity contribution < 1.29 is 38.0 Å². The van der Waals surface area contributed by atoms with Crippen molar-refractivity contribution in [2.45, 2.75) is 18.5 Å². The molecule has 3 aromatic carbocycles. The Morgan fingerprint density at radius 1 is 1.00 bits per heavy atom. The van der Waals surface area contributed by atoms with E-state index in [-0.39, 0.29) is 60.9 Å². The van der Waals surface area contributed by atoms with Crippen molar-refractivity contribution in [3.05, 3.63) is 76.6 Å². The lowest BCUT2D eigenvalue weighted by molar-refractivity contribution is -0.141. The summed E-state index contributed by atoms with van der Waals surface area (Å²) in [6.07, 6.45) is 0. The number of phenolic OH excluding ortho intramolecular Hbond substituents is 1. The number of carbonyl (C=O) groups is 1. The molecule has 37 heavy (non-hydrogen) atoms. The molecule has 0 unspecified atom stereocenters. The minimum Gasteiger partial charge on any atom is -0.502 e. The van der Waals surface area contributed by atoms with Crippen LogP contribution in [0.5, 0.6) is 28.7 Å². The smallest absolute Gasteiger partial charge is 0.310 e. The lowest BCUT2D eigenvalue weighted by atomic mass is 9.65. The molecule has 0 amide bonds. The molecule has 4 atom stereocenters. The highest BCUT2D eigenvalue weighted by molar-refractivity contribution is 5.79. The van der Waals surface area contributed by atoms with Crippen LogP contribution in [0.2, 0.25) is 0 Å². The second-order valence-electron chi connectivity index (χ2n) is 9.36. The second kappa shape index (κ2) is 9.15. The third-order valence-corrected chi connectivity index (χ3v) is 7.52. The highest BCUT2D eigenvalue weighted by Crippen LogP contribution is 2.55. The number of benzene rings is 3. The van der Waals surface area contributed by atoms with E-state index < -0.39 is 11.8 Å². The average molecular weight is 508 g/mol. The Labute approximate surface area is 212 Å². The van der Waals surface area contributed by atoms with Gasteiger partial charge in [0.25, 0.3) is 0 Å². The summed E-state index contributed by atoms with van der Waals surface area (Å²) in [5.41, 5.74) is 3.02. The molecule has 6 rings (SSSR count). The number of hydrogen-bond acceptors (Lipinski definition) is 8. The first-order valence-electron chi connectivity index (χ1n) is 12.0. The van der Waals surface area contributed by atoms with Crippen LogP contribution < -0.4 is 24.3 Å². The maximum absolute atomic E-state index is 14.4. The van der Waals surface area contributed by atoms with Crippen molar-refractivity contribution in [2.75, 3.05) is 27.6 Å². The predicted molar refractivity (Wildman–Crippen MR) is 130 cm³/mol. The number of ether oxygens (including phenoxy) is 5. The molecule has 8 nitrogen and oxygen atoms in total. The van der Waals surface area contributed by atoms with Crippen LogP contribution in [0.4, 0.5) is 4.39 Å². The fourth-order valence-electron chi connectivity index (χ4n) is 5.78. The van der Waals surface area contributed by atoms with Crippen LogP contribution in [0.3, 0.4) is 0 Å². The van der Waals surface area contributed by atoms with Crippen LogP contribution in [0.1, 0.15) is 34.2 Å². The summed E-state index contributed by atoms with van der Waals surface area (Å²) in [6.45, 7) is 0.593. The quantitative estimate of drug-likeness (QED) is 0.483. The molecule has 2 aliphatic heterocycles. The fraction of sp³-hybridized carbons (Fsp3) is 0.321. The molecule has 1 aliphatic carbocycles. The summed E-state index contributed by atoms with van der Waals surface area (Å²) in [5, 5.41) is 14.0. The number of methoxy groups -OCH3 is 2. The summed E-state index contributed by atoms with van der Waals surface area (Å²) in [6, 6.07) is 13.6. The first-order chi connectivity index (χ1) is 18.0. The molecule has 0 saturated carbocycles. The van der Waals surface area contributed by atoms with Gasteiger partial charge in [0.15, 0.2) is 23.0 Å². The minimum absolute atomic E-state index is 0.103. The van der Waals surface area contributed by atoms with E-state index in [9.17, 15) is 14.3 Å². The van der Waals surface area contributed by atoms with E-state index in [1.165, 1.54) is 20.3 Å². The largest absolute Gasteiger partial charge is 0.502 e. The third kappa shape index (κ3) is 3.81. The van der Waals surface area contributed by atoms with Crippen molar-refractivity contribution >= 4 is 5.97 Å². The molecular weight excluding hydrogens is 481 g/mol. The van der Waals surface area contributed by atoms with E-state index in [2.05, 4.69) is 5.32 Å². The Balaban J connectivity index is 1.50. The molecule has 9 heteroatoms. The Bertz CT molecular complexity index is 1350. The van der Waals surface area contributed by atoms with Crippen molar-refractivity contribution in [1.82, 2.24) is 5.32 Å². The number of carbonyl (C=O) groups excluding carboxylic acids is 1. The number of esters is 1. The lowest BCUT2D eigenvalue weighted by Gasteiger charge is -2.39. The molecule has 0 radical (unpaired) electrons. The first kappa shape index (κ1) is 23.4. The highest BCUT2D eigenvalue weighted by atomic mass is 19.1. The number of hydrogen-bond donors (Lipinski definition) is 2. The van der Waals surface area contributed by atoms with E-state index in [0.717, 1.165) is 16.7 Å². The minimum atomic E-state index is -0.537. The second-order valence-corrected chi connectivity index (χ2v) is 9.36. The van der Waals surface area contributed by atoms with E-state index in [1.54, 1.807) is 30.3 Å². The van der Waals surface area contributed by atoms with Crippen LogP contribution in [0.25, 0.3) is 0 Å². The van der Waals surface area contributed by atoms with Gasteiger partial charge in [-0.15, -0.1) is 0 Å². The Hall–Kier alpha value is -3.98. The maximum atomic E-state index is 14.4. The topological polar surface area (TPSA) is 95.5 Å². The molecule has 192 valence electrons. The van der Waals surface area contributed by atoms with Gasteiger partial charge in [0.1, 0.15) is 5.82 Å². The number of halogens is 1. The number of aromatic hydroxyl groups is 1. The zero-order valence-electron chi connectivity index (χ0n) is 20.3. The molecule has 1 saturated heterocycles. The fourth-order valence-corrected chi connectivity index (χ4v) is 5.78. The van der Waals surface area contributed by atoms with E-state index in [1.807, 2.05) is 12.1 Å². The zero-order chi connectivity index (χ0) is 25.7. The van der Waals surface area contributed by atoms with E-state index in [4.69, 9.17) is 23.7 Å². The zero-order valence-corrected chi connectivity index (χ0v) is 20.3. The number of cyclic esters (lactones) is 1. The summed E-state index contributed by atoms with van der Waals surface area (Å²) in [7, 11) is 2.92. The van der Waals surface area contributed by atoms with Crippen molar-refractivity contribution in [2.24, 2.45) is 11.8 Å². The van der Waals surface area contributed by atoms with Crippen LogP contribution in [0, 0.1) is 17.7 Å². The highest BCUT2D eigenvalue weighted by Gasteiger charge is 2.52. The molecule has 1 fully saturated rings. The summed E-state index contributed by atoms with van der Waals surface area (Å²) in [5.74, 6) is -0.273. The van der Waals surface area contributed by atoms with E-state index in [0.29, 0.717) is 17.1 Å². The van der Waals surface area contributed by atoms with Gasteiger partial charge in [0.2, 0.25) is 12.5 Å². The average Bonchev–Trinajstić information content (AvgIpc) is 3.53. The summed E-state index contributed by atoms with van der Waals surface area (Å²) >= 11 is 0. The lowest BCUT2D eigenvalue weighted by Crippen LogP contribution is -2.40. The molecule has 2 N–H and O–H groups in total. The van der Waals surface area contributed by atoms with Gasteiger partial charge in [-0.2, -0.15) is 0 Å². The first-order valence-corrected chi connectivity index (χ1v) is 12.0. The van der Waals surface area contributed by atoms with Gasteiger partial charge in [-0.25, -0.2) is 4.39 Å². The van der Waals surface area contributed by atoms with Crippen LogP contribution in [-0.2, 0) is 16.1 Å². The molecule has 0 spiro atoms. The van der Waals surface area contributed by atoms with Gasteiger partial charge in [-0.3, -0.25) is 4.79 Å². The van der Waals surface area contributed by atoms with Gasteiger partial charge in [0, 0.05) is 30.0 Å². The van der Waals surface area contributed by atoms with Gasteiger partial charge >= 0.3 is 5.97 Å². The maximum Gasteiger partial charge on any atom is 0.310 e. The van der Waals surface area contributed by atoms with Crippen molar-refractivity contribution in [1.29, 1.82) is 0 Å². The summed E-state index contributed by atoms with van der Waals surface area (Å²) in [4.78, 5) is 13.2. The normalized spacial score (nSPS) is 23.3. The molecule has 0 bridgehead atoms. The standard InChI is InChI=1S/C28H26FNO7/c1-33-22-7-15(8-23(34-2)27(22)31)24-16-9-20-21(37-13-36-20)10-17(16)26(18-12-35-28(32)25(18)24)30-11-14-5-3-4-6-19(14)29/h3-10,18,24-26,30-31H,11-13H2,1-2H3/t18-,24+,25-,26+/m0/s1. The predicted octanol–water partition coefficient (Wildman–Crippen LogP) is 4.04. The van der Waals surface area contributed by atoms with E-state index >= 15 is 0 Å². The molecule has 0 aromatic heterocycles. The number of phenols is 1. The van der Waals surface area contributed by atoms with Gasteiger partial charge < -0.3 is 34.1 Å². The monoisotopic (exact) mass is 507 g/mol. The van der Waals surface area contributed by atoms with Gasteiger partial charge in [-0.1, -0.05) is 18.2 Å². The van der Waals surface area contributed by atoms with Crippen LogP contribution >= 0.6 is 0 Å². The van der Waals surface area contributed by atoms with Crippen molar-refractivity contribution in [3.8, 4) is 28.7 Å². The SMILES string of the molecule is COc1cc([C@@H]2c3cc4c(cc3[C@@H](NCc3ccccc3F)[C@H]3COC(=O)[C@H]23)OCO4)cc(OC)c1O. The Kier molecular flexibility index (Phi) is 5.79. The number of nitrogens with one attached hydrogen (secondary N) is 1. The number of rotatable bonds is 6. The Morgan fingerprint density at radius 3 is 2.35 bits per heavy atom. The molecule has 3 aliphatic rings.